The Morgan fingerprint density at radius 1 is 0.408 bits per heavy atom. The van der Waals surface area contributed by atoms with Gasteiger partial charge in [-0.05, 0) is 107 Å². The maximum atomic E-state index is 6.58. The van der Waals surface area contributed by atoms with Gasteiger partial charge < -0.3 is 9.47 Å². The van der Waals surface area contributed by atoms with Gasteiger partial charge in [-0.1, -0.05) is 80.6 Å². The molecule has 0 amide bonds. The number of pyridine rings is 2. The summed E-state index contributed by atoms with van der Waals surface area (Å²) in [6, 6.07) is 41.1. The summed E-state index contributed by atoms with van der Waals surface area (Å²) < 4.78 is 13.2. The topological polar surface area (TPSA) is 44.2 Å². The summed E-state index contributed by atoms with van der Waals surface area (Å²) in [6.45, 7) is 8.14. The Labute approximate surface area is 288 Å². The second-order valence-electron chi connectivity index (χ2n) is 12.2. The zero-order valence-corrected chi connectivity index (χ0v) is 28.8. The van der Waals surface area contributed by atoms with Crippen LogP contribution in [0.1, 0.15) is 25.0 Å². The average Bonchev–Trinajstić information content (AvgIpc) is 3.15. The van der Waals surface area contributed by atoms with Crippen molar-refractivity contribution >= 4 is 23.8 Å². The third-order valence-electron chi connectivity index (χ3n) is 8.88. The molecule has 0 bridgehead atoms. The van der Waals surface area contributed by atoms with Crippen molar-refractivity contribution in [3.63, 3.8) is 0 Å². The van der Waals surface area contributed by atoms with E-state index >= 15 is 0 Å². The van der Waals surface area contributed by atoms with Gasteiger partial charge in [0.1, 0.15) is 23.0 Å². The summed E-state index contributed by atoms with van der Waals surface area (Å²) in [4.78, 5) is 8.72. The lowest BCUT2D eigenvalue weighted by atomic mass is 10.0. The first-order chi connectivity index (χ1) is 24.1. The first kappa shape index (κ1) is 30.7. The van der Waals surface area contributed by atoms with Crippen molar-refractivity contribution < 1.29 is 9.47 Å². The summed E-state index contributed by atoms with van der Waals surface area (Å²) in [5.41, 5.74) is 11.4. The molecule has 2 aromatic heterocycles. The molecular weight excluding hydrogens is 619 g/mol. The minimum atomic E-state index is -0.855. The van der Waals surface area contributed by atoms with Crippen LogP contribution >= 0.6 is 7.92 Å². The molecule has 0 unspecified atom stereocenters. The van der Waals surface area contributed by atoms with Crippen LogP contribution in [-0.4, -0.2) is 9.97 Å². The van der Waals surface area contributed by atoms with Crippen molar-refractivity contribution in [1.29, 1.82) is 0 Å². The number of benzene rings is 5. The van der Waals surface area contributed by atoms with Crippen LogP contribution in [0.4, 0.5) is 0 Å². The van der Waals surface area contributed by atoms with Crippen LogP contribution in [0.5, 0.6) is 23.0 Å². The molecule has 0 saturated carbocycles. The van der Waals surface area contributed by atoms with Crippen molar-refractivity contribution in [2.75, 3.05) is 0 Å². The highest BCUT2D eigenvalue weighted by molar-refractivity contribution is 7.80. The quantitative estimate of drug-likeness (QED) is 0.177. The van der Waals surface area contributed by atoms with E-state index in [0.29, 0.717) is 0 Å². The van der Waals surface area contributed by atoms with E-state index in [9.17, 15) is 0 Å². The van der Waals surface area contributed by atoms with E-state index in [1.54, 1.807) is 0 Å². The molecule has 0 saturated heterocycles. The van der Waals surface area contributed by atoms with E-state index in [2.05, 4.69) is 133 Å². The van der Waals surface area contributed by atoms with Crippen LogP contribution in [0.3, 0.4) is 0 Å². The van der Waals surface area contributed by atoms with Crippen LogP contribution in [0.15, 0.2) is 140 Å². The van der Waals surface area contributed by atoms with E-state index in [1.807, 2.05) is 44.7 Å². The third-order valence-corrected chi connectivity index (χ3v) is 11.5. The SMILES string of the molecule is CC.Cc1cncc(-c2ccc(-c3ccc4c(c3)Oc3cccc5c3P4c3ccc(-c4ccc(-c6cncc(C)c6)cc4)cc3O5)cc2)c1. The Balaban J connectivity index is 0.00000171. The maximum Gasteiger partial charge on any atom is 0.139 e. The predicted molar refractivity (Wildman–Crippen MR) is 203 cm³/mol. The van der Waals surface area contributed by atoms with Crippen molar-refractivity contribution in [2.45, 2.75) is 27.7 Å². The van der Waals surface area contributed by atoms with Gasteiger partial charge in [-0.25, -0.2) is 0 Å². The molecule has 0 fully saturated rings. The Morgan fingerprint density at radius 3 is 1.20 bits per heavy atom. The molecule has 2 aliphatic rings. The van der Waals surface area contributed by atoms with Gasteiger partial charge >= 0.3 is 0 Å². The fraction of sp³-hybridized carbons (Fsp3) is 0.0909. The van der Waals surface area contributed by atoms with E-state index in [-0.39, 0.29) is 0 Å². The highest BCUT2D eigenvalue weighted by Crippen LogP contribution is 2.53. The zero-order valence-electron chi connectivity index (χ0n) is 27.9. The van der Waals surface area contributed by atoms with Crippen molar-refractivity contribution in [3.8, 4) is 67.5 Å². The minimum absolute atomic E-state index is 0.855. The van der Waals surface area contributed by atoms with Crippen molar-refractivity contribution in [2.24, 2.45) is 0 Å². The van der Waals surface area contributed by atoms with Crippen molar-refractivity contribution in [3.05, 3.63) is 151 Å². The number of hydrogen-bond donors (Lipinski definition) is 0. The predicted octanol–water partition coefficient (Wildman–Crippen LogP) is 10.8. The molecule has 4 heterocycles. The van der Waals surface area contributed by atoms with Crippen LogP contribution in [0.2, 0.25) is 0 Å². The number of ether oxygens (including phenoxy) is 2. The molecule has 0 atom stereocenters. The van der Waals surface area contributed by atoms with Crippen LogP contribution in [0.25, 0.3) is 44.5 Å². The molecule has 0 radical (unpaired) electrons. The second-order valence-corrected chi connectivity index (χ2v) is 14.2. The summed E-state index contributed by atoms with van der Waals surface area (Å²) in [7, 11) is -0.855. The molecule has 238 valence electrons. The second kappa shape index (κ2) is 12.8. The Bertz CT molecular complexity index is 2170. The van der Waals surface area contributed by atoms with Gasteiger partial charge in [-0.3, -0.25) is 9.97 Å². The van der Waals surface area contributed by atoms with E-state index in [4.69, 9.17) is 9.47 Å². The number of hydrogen-bond acceptors (Lipinski definition) is 4. The first-order valence-corrected chi connectivity index (χ1v) is 18.0. The first-order valence-electron chi connectivity index (χ1n) is 16.7. The molecule has 49 heavy (non-hydrogen) atoms. The lowest BCUT2D eigenvalue weighted by Crippen LogP contribution is -2.31. The summed E-state index contributed by atoms with van der Waals surface area (Å²) in [5.74, 6) is 3.56. The Hall–Kier alpha value is -5.57. The van der Waals surface area contributed by atoms with Gasteiger partial charge in [0.2, 0.25) is 0 Å². The Kier molecular flexibility index (Phi) is 8.03. The molecule has 4 nitrogen and oxygen atoms in total. The summed E-state index contributed by atoms with van der Waals surface area (Å²) in [6.07, 6.45) is 7.59. The monoisotopic (exact) mass is 654 g/mol. The highest BCUT2D eigenvalue weighted by Gasteiger charge is 2.37. The van der Waals surface area contributed by atoms with E-state index < -0.39 is 7.92 Å². The largest absolute Gasteiger partial charge is 0.456 e. The lowest BCUT2D eigenvalue weighted by molar-refractivity contribution is 0.467. The number of rotatable bonds is 4. The standard InChI is InChI=1S/C42H29N2O2P.C2H6/c1-26-18-34(24-43-22-26)30-10-6-28(7-11-30)32-14-16-40-38(20-32)45-36-4-3-5-37-42(36)47(40)41-17-15-33(21-39(41)46-37)29-8-12-31(13-9-29)35-19-27(2)23-44-25-35;1-2/h3-25H,1-2H3;1-2H3. The van der Waals surface area contributed by atoms with Crippen LogP contribution < -0.4 is 25.4 Å². The highest BCUT2D eigenvalue weighted by atomic mass is 31.1. The fourth-order valence-electron chi connectivity index (χ4n) is 6.55. The van der Waals surface area contributed by atoms with Crippen molar-refractivity contribution in [1.82, 2.24) is 9.97 Å². The maximum absolute atomic E-state index is 6.58. The zero-order chi connectivity index (χ0) is 33.5. The number of fused-ring (bicyclic) bond motifs is 4. The molecule has 5 aromatic carbocycles. The molecular formula is C44H35N2O2P. The number of aromatic nitrogens is 2. The average molecular weight is 655 g/mol. The lowest BCUT2D eigenvalue weighted by Gasteiger charge is -2.34. The van der Waals surface area contributed by atoms with Gasteiger partial charge in [0.25, 0.3) is 0 Å². The minimum Gasteiger partial charge on any atom is -0.456 e. The Morgan fingerprint density at radius 2 is 0.796 bits per heavy atom. The molecule has 9 rings (SSSR count). The van der Waals surface area contributed by atoms with Crippen LogP contribution in [-0.2, 0) is 0 Å². The van der Waals surface area contributed by atoms with E-state index in [1.165, 1.54) is 10.6 Å². The molecule has 2 aliphatic heterocycles. The molecule has 5 heteroatoms. The van der Waals surface area contributed by atoms with Gasteiger partial charge in [-0.15, -0.1) is 0 Å². The number of nitrogens with zero attached hydrogens (tertiary/aromatic N) is 2. The normalized spacial score (nSPS) is 12.3. The fourth-order valence-corrected chi connectivity index (χ4v) is 9.08. The van der Waals surface area contributed by atoms with Gasteiger partial charge in [0.05, 0.1) is 5.30 Å². The number of aryl methyl sites for hydroxylation is 2. The molecule has 7 aromatic rings. The van der Waals surface area contributed by atoms with Gasteiger partial charge in [0.15, 0.2) is 0 Å². The molecule has 0 aliphatic carbocycles. The third kappa shape index (κ3) is 5.69. The van der Waals surface area contributed by atoms with E-state index in [0.717, 1.165) is 83.9 Å². The molecule has 0 N–H and O–H groups in total. The van der Waals surface area contributed by atoms with Crippen LogP contribution in [0, 0.1) is 13.8 Å². The van der Waals surface area contributed by atoms with Gasteiger partial charge in [-0.2, -0.15) is 0 Å². The van der Waals surface area contributed by atoms with Gasteiger partial charge in [0, 0.05) is 54.4 Å². The summed E-state index contributed by atoms with van der Waals surface area (Å²) >= 11 is 0. The smallest absolute Gasteiger partial charge is 0.139 e. The molecule has 0 spiro atoms. The summed E-state index contributed by atoms with van der Waals surface area (Å²) in [5, 5.41) is 3.56.